The molecular formula is C15H20ClNO3S. The molecule has 6 heteroatoms. The third-order valence-corrected chi connectivity index (χ3v) is 5.41. The molecule has 0 radical (unpaired) electrons. The van der Waals surface area contributed by atoms with Crippen molar-refractivity contribution in [2.24, 2.45) is 11.8 Å². The fourth-order valence-electron chi connectivity index (χ4n) is 2.37. The highest BCUT2D eigenvalue weighted by molar-refractivity contribution is 8.13. The molecule has 1 aromatic carbocycles. The number of hydrogen-bond acceptors (Lipinski definition) is 3. The van der Waals surface area contributed by atoms with Crippen molar-refractivity contribution < 1.29 is 13.2 Å². The van der Waals surface area contributed by atoms with Gasteiger partial charge < -0.3 is 4.90 Å². The molecule has 0 spiro atoms. The Labute approximate surface area is 130 Å². The molecule has 0 aliphatic heterocycles. The van der Waals surface area contributed by atoms with E-state index in [0.29, 0.717) is 18.8 Å². The van der Waals surface area contributed by atoms with Crippen LogP contribution in [0.2, 0.25) is 0 Å². The Hall–Kier alpha value is -1.07. The Balaban J connectivity index is 1.83. The largest absolute Gasteiger partial charge is 0.345 e. The van der Waals surface area contributed by atoms with E-state index >= 15 is 0 Å². The van der Waals surface area contributed by atoms with Gasteiger partial charge in [0.05, 0.1) is 4.90 Å². The van der Waals surface area contributed by atoms with E-state index < -0.39 is 9.05 Å². The van der Waals surface area contributed by atoms with Gasteiger partial charge in [0.25, 0.3) is 9.05 Å². The van der Waals surface area contributed by atoms with Crippen LogP contribution in [0.25, 0.3) is 0 Å². The summed E-state index contributed by atoms with van der Waals surface area (Å²) in [4.78, 5) is 13.9. The van der Waals surface area contributed by atoms with Gasteiger partial charge in [0.15, 0.2) is 0 Å². The number of halogens is 1. The van der Waals surface area contributed by atoms with E-state index in [1.165, 1.54) is 18.6 Å². The van der Waals surface area contributed by atoms with Crippen molar-refractivity contribution in [1.29, 1.82) is 0 Å². The Kier molecular flexibility index (Phi) is 4.94. The molecule has 0 bridgehead atoms. The molecule has 21 heavy (non-hydrogen) atoms. The lowest BCUT2D eigenvalue weighted by molar-refractivity contribution is -0.130. The highest BCUT2D eigenvalue weighted by Crippen LogP contribution is 2.38. The van der Waals surface area contributed by atoms with Crippen molar-refractivity contribution in [3.63, 3.8) is 0 Å². The van der Waals surface area contributed by atoms with Crippen molar-refractivity contribution in [3.8, 4) is 0 Å². The number of hydrogen-bond donors (Lipinski definition) is 0. The molecule has 0 heterocycles. The van der Waals surface area contributed by atoms with Gasteiger partial charge in [0.1, 0.15) is 0 Å². The maximum absolute atomic E-state index is 12.0. The maximum atomic E-state index is 12.0. The van der Waals surface area contributed by atoms with Gasteiger partial charge in [-0.15, -0.1) is 0 Å². The van der Waals surface area contributed by atoms with Crippen LogP contribution in [0.3, 0.4) is 0 Å². The number of benzene rings is 1. The smallest absolute Gasteiger partial charge is 0.261 e. The first-order valence-electron chi connectivity index (χ1n) is 7.05. The van der Waals surface area contributed by atoms with Crippen LogP contribution in [-0.4, -0.2) is 32.8 Å². The lowest BCUT2D eigenvalue weighted by Crippen LogP contribution is -2.29. The molecular weight excluding hydrogens is 310 g/mol. The van der Waals surface area contributed by atoms with Gasteiger partial charge in [-0.3, -0.25) is 4.79 Å². The van der Waals surface area contributed by atoms with Crippen molar-refractivity contribution in [2.75, 3.05) is 13.6 Å². The van der Waals surface area contributed by atoms with E-state index in [-0.39, 0.29) is 10.8 Å². The van der Waals surface area contributed by atoms with Crippen LogP contribution in [0, 0.1) is 11.8 Å². The summed E-state index contributed by atoms with van der Waals surface area (Å²) in [5.41, 5.74) is 0.931. The van der Waals surface area contributed by atoms with Crippen LogP contribution in [0.5, 0.6) is 0 Å². The van der Waals surface area contributed by atoms with Gasteiger partial charge in [0, 0.05) is 30.7 Å². The zero-order valence-corrected chi connectivity index (χ0v) is 13.8. The number of aryl methyl sites for hydroxylation is 1. The van der Waals surface area contributed by atoms with Gasteiger partial charge in [-0.2, -0.15) is 0 Å². The molecule has 1 amide bonds. The summed E-state index contributed by atoms with van der Waals surface area (Å²) in [6.07, 6.45) is 2.25. The van der Waals surface area contributed by atoms with Crippen molar-refractivity contribution in [2.45, 2.75) is 31.1 Å². The molecule has 2 rings (SSSR count). The molecule has 0 saturated heterocycles. The molecule has 1 aromatic rings. The highest BCUT2D eigenvalue weighted by Gasteiger charge is 2.33. The molecule has 1 saturated carbocycles. The first-order chi connectivity index (χ1) is 9.77. The summed E-state index contributed by atoms with van der Waals surface area (Å²) < 4.78 is 22.3. The predicted molar refractivity (Wildman–Crippen MR) is 82.7 cm³/mol. The fourth-order valence-corrected chi connectivity index (χ4v) is 3.14. The summed E-state index contributed by atoms with van der Waals surface area (Å²) in [5.74, 6) is 1.53. The average molecular weight is 330 g/mol. The standard InChI is InChI=1S/C15H20ClNO3S/c1-11-9-13(11)10-17(2)15(18)8-5-12-3-6-14(7-4-12)21(16,19)20/h3-4,6-7,11,13H,5,8-10H2,1-2H3. The summed E-state index contributed by atoms with van der Waals surface area (Å²) in [6.45, 7) is 3.04. The maximum Gasteiger partial charge on any atom is 0.261 e. The minimum atomic E-state index is -3.68. The van der Waals surface area contributed by atoms with Crippen LogP contribution in [0.1, 0.15) is 25.3 Å². The molecule has 1 fully saturated rings. The zero-order chi connectivity index (χ0) is 15.6. The lowest BCUT2D eigenvalue weighted by Gasteiger charge is -2.17. The molecule has 1 aliphatic rings. The topological polar surface area (TPSA) is 54.5 Å². The third kappa shape index (κ3) is 4.71. The highest BCUT2D eigenvalue weighted by atomic mass is 35.7. The van der Waals surface area contributed by atoms with Crippen molar-refractivity contribution in [3.05, 3.63) is 29.8 Å². The number of nitrogens with zero attached hydrogens (tertiary/aromatic N) is 1. The Morgan fingerprint density at radius 3 is 2.38 bits per heavy atom. The molecule has 2 unspecified atom stereocenters. The third-order valence-electron chi connectivity index (χ3n) is 4.04. The van der Waals surface area contributed by atoms with Crippen molar-refractivity contribution in [1.82, 2.24) is 4.90 Å². The number of carbonyl (C=O) groups excluding carboxylic acids is 1. The summed E-state index contributed by atoms with van der Waals surface area (Å²) in [5, 5.41) is 0. The molecule has 1 aliphatic carbocycles. The zero-order valence-electron chi connectivity index (χ0n) is 12.3. The van der Waals surface area contributed by atoms with Gasteiger partial charge in [-0.25, -0.2) is 8.42 Å². The van der Waals surface area contributed by atoms with Gasteiger partial charge in [-0.05, 0) is 42.4 Å². The first-order valence-corrected chi connectivity index (χ1v) is 9.36. The molecule has 2 atom stereocenters. The van der Waals surface area contributed by atoms with Gasteiger partial charge >= 0.3 is 0 Å². The van der Waals surface area contributed by atoms with E-state index in [1.807, 2.05) is 7.05 Å². The molecule has 116 valence electrons. The number of rotatable bonds is 6. The summed E-state index contributed by atoms with van der Waals surface area (Å²) in [7, 11) is 3.42. The van der Waals surface area contributed by atoms with Crippen LogP contribution < -0.4 is 0 Å². The summed E-state index contributed by atoms with van der Waals surface area (Å²) >= 11 is 0. The second kappa shape index (κ2) is 6.36. The normalized spacial score (nSPS) is 21.1. The van der Waals surface area contributed by atoms with Crippen molar-refractivity contribution >= 4 is 25.6 Å². The SMILES string of the molecule is CC1CC1CN(C)C(=O)CCc1ccc(S(=O)(=O)Cl)cc1. The monoisotopic (exact) mass is 329 g/mol. The lowest BCUT2D eigenvalue weighted by atomic mass is 10.1. The quantitative estimate of drug-likeness (QED) is 0.754. The predicted octanol–water partition coefficient (Wildman–Crippen LogP) is 2.66. The number of amides is 1. The van der Waals surface area contributed by atoms with E-state index in [0.717, 1.165) is 18.0 Å². The van der Waals surface area contributed by atoms with E-state index in [1.54, 1.807) is 17.0 Å². The van der Waals surface area contributed by atoms with Crippen LogP contribution in [0.15, 0.2) is 29.2 Å². The first kappa shape index (κ1) is 16.3. The van der Waals surface area contributed by atoms with E-state index in [4.69, 9.17) is 10.7 Å². The average Bonchev–Trinajstić information content (AvgIpc) is 3.10. The molecule has 0 aromatic heterocycles. The van der Waals surface area contributed by atoms with Gasteiger partial charge in [0.2, 0.25) is 5.91 Å². The second-order valence-corrected chi connectivity index (χ2v) is 8.40. The van der Waals surface area contributed by atoms with Crippen LogP contribution >= 0.6 is 10.7 Å². The van der Waals surface area contributed by atoms with E-state index in [9.17, 15) is 13.2 Å². The Bertz CT molecular complexity index is 612. The van der Waals surface area contributed by atoms with Crippen LogP contribution in [-0.2, 0) is 20.3 Å². The van der Waals surface area contributed by atoms with Crippen LogP contribution in [0.4, 0.5) is 0 Å². The molecule has 0 N–H and O–H groups in total. The van der Waals surface area contributed by atoms with Gasteiger partial charge in [-0.1, -0.05) is 19.1 Å². The molecule has 4 nitrogen and oxygen atoms in total. The summed E-state index contributed by atoms with van der Waals surface area (Å²) in [6, 6.07) is 6.34. The number of carbonyl (C=O) groups is 1. The minimum absolute atomic E-state index is 0.0825. The van der Waals surface area contributed by atoms with E-state index in [2.05, 4.69) is 6.92 Å². The fraction of sp³-hybridized carbons (Fsp3) is 0.533. The second-order valence-electron chi connectivity index (χ2n) is 5.83. The Morgan fingerprint density at radius 2 is 1.90 bits per heavy atom. The minimum Gasteiger partial charge on any atom is -0.345 e. The Morgan fingerprint density at radius 1 is 1.33 bits per heavy atom.